The van der Waals surface area contributed by atoms with E-state index in [9.17, 15) is 14.7 Å². The topological polar surface area (TPSA) is 66.8 Å². The van der Waals surface area contributed by atoms with Gasteiger partial charge in [-0.2, -0.15) is 0 Å². The molecule has 0 radical (unpaired) electrons. The van der Waals surface area contributed by atoms with Gasteiger partial charge in [0.25, 0.3) is 5.91 Å². The SMILES string of the molecule is COC(=O)CN(C(=O)c1ccc(O)c(Cl)c1)C1CCCC1. The Bertz CT molecular complexity index is 540. The molecule has 5 nitrogen and oxygen atoms in total. The minimum atomic E-state index is -0.444. The number of carbonyl (C=O) groups excluding carboxylic acids is 2. The van der Waals surface area contributed by atoms with Crippen molar-refractivity contribution >= 4 is 23.5 Å². The molecule has 114 valence electrons. The van der Waals surface area contributed by atoms with E-state index in [2.05, 4.69) is 4.74 Å². The smallest absolute Gasteiger partial charge is 0.325 e. The summed E-state index contributed by atoms with van der Waals surface area (Å²) in [6.07, 6.45) is 3.86. The van der Waals surface area contributed by atoms with Gasteiger partial charge < -0.3 is 14.7 Å². The monoisotopic (exact) mass is 311 g/mol. The molecule has 0 bridgehead atoms. The molecule has 2 rings (SSSR count). The number of esters is 1. The van der Waals surface area contributed by atoms with Gasteiger partial charge in [0.2, 0.25) is 0 Å². The van der Waals surface area contributed by atoms with Crippen LogP contribution in [0.25, 0.3) is 0 Å². The Kier molecular flexibility index (Phi) is 5.07. The lowest BCUT2D eigenvalue weighted by molar-refractivity contribution is -0.141. The van der Waals surface area contributed by atoms with Gasteiger partial charge in [-0.3, -0.25) is 9.59 Å². The van der Waals surface area contributed by atoms with Crippen molar-refractivity contribution in [2.45, 2.75) is 31.7 Å². The molecule has 1 saturated carbocycles. The lowest BCUT2D eigenvalue weighted by Crippen LogP contribution is -2.42. The Morgan fingerprint density at radius 2 is 2.05 bits per heavy atom. The van der Waals surface area contributed by atoms with Crippen LogP contribution in [-0.2, 0) is 9.53 Å². The van der Waals surface area contributed by atoms with Gasteiger partial charge in [-0.05, 0) is 31.0 Å². The van der Waals surface area contributed by atoms with Crippen LogP contribution < -0.4 is 0 Å². The van der Waals surface area contributed by atoms with E-state index >= 15 is 0 Å². The lowest BCUT2D eigenvalue weighted by atomic mass is 10.1. The van der Waals surface area contributed by atoms with Crippen molar-refractivity contribution in [1.82, 2.24) is 4.90 Å². The summed E-state index contributed by atoms with van der Waals surface area (Å²) < 4.78 is 4.67. The molecular formula is C15H18ClNO4. The highest BCUT2D eigenvalue weighted by atomic mass is 35.5. The number of hydrogen-bond donors (Lipinski definition) is 1. The van der Waals surface area contributed by atoms with Crippen LogP contribution >= 0.6 is 11.6 Å². The molecule has 0 aromatic heterocycles. The molecule has 0 saturated heterocycles. The molecule has 1 amide bonds. The van der Waals surface area contributed by atoms with Crippen molar-refractivity contribution in [3.05, 3.63) is 28.8 Å². The Hall–Kier alpha value is -1.75. The van der Waals surface area contributed by atoms with Crippen LogP contribution in [0.3, 0.4) is 0 Å². The first kappa shape index (κ1) is 15.6. The molecule has 0 atom stereocenters. The molecule has 0 unspecified atom stereocenters. The standard InChI is InChI=1S/C15H18ClNO4/c1-21-14(19)9-17(11-4-2-3-5-11)15(20)10-6-7-13(18)12(16)8-10/h6-8,11,18H,2-5,9H2,1H3. The summed E-state index contributed by atoms with van der Waals surface area (Å²) in [6.45, 7) is -0.0709. The van der Waals surface area contributed by atoms with Crippen LogP contribution in [0.1, 0.15) is 36.0 Å². The average molecular weight is 312 g/mol. The highest BCUT2D eigenvalue weighted by molar-refractivity contribution is 6.32. The van der Waals surface area contributed by atoms with E-state index in [1.54, 1.807) is 4.90 Å². The molecule has 21 heavy (non-hydrogen) atoms. The van der Waals surface area contributed by atoms with Gasteiger partial charge in [0.1, 0.15) is 12.3 Å². The number of rotatable bonds is 4. The Morgan fingerprint density at radius 1 is 1.38 bits per heavy atom. The fraction of sp³-hybridized carbons (Fsp3) is 0.467. The molecule has 0 aliphatic heterocycles. The molecule has 0 heterocycles. The normalized spacial score (nSPS) is 15.0. The summed E-state index contributed by atoms with van der Waals surface area (Å²) in [6, 6.07) is 4.34. The minimum Gasteiger partial charge on any atom is -0.506 e. The van der Waals surface area contributed by atoms with Gasteiger partial charge in [0.15, 0.2) is 0 Å². The van der Waals surface area contributed by atoms with Crippen LogP contribution in [0.2, 0.25) is 5.02 Å². The summed E-state index contributed by atoms with van der Waals surface area (Å²) in [5.74, 6) is -0.789. The number of halogens is 1. The van der Waals surface area contributed by atoms with E-state index in [0.29, 0.717) is 5.56 Å². The summed E-state index contributed by atoms with van der Waals surface area (Å²) in [5, 5.41) is 9.54. The fourth-order valence-electron chi connectivity index (χ4n) is 2.59. The number of nitrogens with zero attached hydrogens (tertiary/aromatic N) is 1. The highest BCUT2D eigenvalue weighted by Crippen LogP contribution is 2.28. The third-order valence-electron chi connectivity index (χ3n) is 3.75. The molecule has 1 N–H and O–H groups in total. The first-order valence-corrected chi connectivity index (χ1v) is 7.27. The molecule has 1 aromatic carbocycles. The van der Waals surface area contributed by atoms with Gasteiger partial charge in [0.05, 0.1) is 12.1 Å². The Labute approximate surface area is 128 Å². The summed E-state index contributed by atoms with van der Waals surface area (Å²) in [7, 11) is 1.30. The van der Waals surface area contributed by atoms with Crippen molar-refractivity contribution in [2.24, 2.45) is 0 Å². The number of amides is 1. The van der Waals surface area contributed by atoms with E-state index in [1.165, 1.54) is 25.3 Å². The highest BCUT2D eigenvalue weighted by Gasteiger charge is 2.29. The summed E-state index contributed by atoms with van der Waals surface area (Å²) >= 11 is 5.84. The number of phenolic OH excluding ortho intramolecular Hbond substituents is 1. The molecule has 1 aromatic rings. The first-order chi connectivity index (χ1) is 10.0. The van der Waals surface area contributed by atoms with E-state index in [4.69, 9.17) is 11.6 Å². The number of carbonyl (C=O) groups is 2. The second kappa shape index (κ2) is 6.80. The first-order valence-electron chi connectivity index (χ1n) is 6.89. The van der Waals surface area contributed by atoms with Crippen LogP contribution in [0.4, 0.5) is 0 Å². The van der Waals surface area contributed by atoms with Gasteiger partial charge in [-0.25, -0.2) is 0 Å². The molecule has 0 spiro atoms. The van der Waals surface area contributed by atoms with Crippen LogP contribution in [-0.4, -0.2) is 41.6 Å². The van der Waals surface area contributed by atoms with Crippen LogP contribution in [0.15, 0.2) is 18.2 Å². The second-order valence-corrected chi connectivity index (χ2v) is 5.52. The molecule has 1 aliphatic carbocycles. The number of phenols is 1. The predicted octanol–water partition coefficient (Wildman–Crippen LogP) is 2.60. The maximum Gasteiger partial charge on any atom is 0.325 e. The zero-order valence-corrected chi connectivity index (χ0v) is 12.6. The zero-order valence-electron chi connectivity index (χ0n) is 11.8. The molecule has 1 fully saturated rings. The third-order valence-corrected chi connectivity index (χ3v) is 4.05. The average Bonchev–Trinajstić information content (AvgIpc) is 3.00. The number of aromatic hydroxyl groups is 1. The van der Waals surface area contributed by atoms with E-state index in [1.807, 2.05) is 0 Å². The van der Waals surface area contributed by atoms with Crippen molar-refractivity contribution in [3.8, 4) is 5.75 Å². The van der Waals surface area contributed by atoms with Gasteiger partial charge in [-0.1, -0.05) is 24.4 Å². The zero-order chi connectivity index (χ0) is 15.4. The number of hydrogen-bond acceptors (Lipinski definition) is 4. The summed E-state index contributed by atoms with van der Waals surface area (Å²) in [4.78, 5) is 25.7. The van der Waals surface area contributed by atoms with Gasteiger partial charge >= 0.3 is 5.97 Å². The number of benzene rings is 1. The van der Waals surface area contributed by atoms with Crippen molar-refractivity contribution < 1.29 is 19.4 Å². The van der Waals surface area contributed by atoms with Crippen molar-refractivity contribution in [1.29, 1.82) is 0 Å². The Morgan fingerprint density at radius 3 is 2.62 bits per heavy atom. The van der Waals surface area contributed by atoms with Gasteiger partial charge in [0, 0.05) is 11.6 Å². The maximum atomic E-state index is 12.6. The molecular weight excluding hydrogens is 294 g/mol. The Balaban J connectivity index is 2.23. The van der Waals surface area contributed by atoms with E-state index < -0.39 is 5.97 Å². The lowest BCUT2D eigenvalue weighted by Gasteiger charge is -2.28. The van der Waals surface area contributed by atoms with Crippen molar-refractivity contribution in [3.63, 3.8) is 0 Å². The van der Waals surface area contributed by atoms with E-state index in [-0.39, 0.29) is 29.3 Å². The number of ether oxygens (including phenoxy) is 1. The van der Waals surface area contributed by atoms with Crippen molar-refractivity contribution in [2.75, 3.05) is 13.7 Å². The minimum absolute atomic E-state index is 0.0455. The second-order valence-electron chi connectivity index (χ2n) is 5.11. The predicted molar refractivity (Wildman–Crippen MR) is 78.4 cm³/mol. The quantitative estimate of drug-likeness (QED) is 0.868. The third kappa shape index (κ3) is 3.67. The fourth-order valence-corrected chi connectivity index (χ4v) is 2.77. The van der Waals surface area contributed by atoms with E-state index in [0.717, 1.165) is 25.7 Å². The largest absolute Gasteiger partial charge is 0.506 e. The summed E-state index contributed by atoms with van der Waals surface area (Å²) in [5.41, 5.74) is 0.355. The molecule has 1 aliphatic rings. The van der Waals surface area contributed by atoms with Crippen LogP contribution in [0, 0.1) is 0 Å². The van der Waals surface area contributed by atoms with Crippen LogP contribution in [0.5, 0.6) is 5.75 Å². The van der Waals surface area contributed by atoms with Gasteiger partial charge in [-0.15, -0.1) is 0 Å². The molecule has 6 heteroatoms. The number of methoxy groups -OCH3 is 1. The maximum absolute atomic E-state index is 12.6.